The summed E-state index contributed by atoms with van der Waals surface area (Å²) in [4.78, 5) is 19.8. The molecule has 1 N–H and O–H groups in total. The number of hydrogen-bond acceptors (Lipinski definition) is 3. The topological polar surface area (TPSA) is 54.9 Å². The summed E-state index contributed by atoms with van der Waals surface area (Å²) in [7, 11) is 0. The number of carbonyl (C=O) groups is 1. The summed E-state index contributed by atoms with van der Waals surface area (Å²) in [6.07, 6.45) is 1.47. The Bertz CT molecular complexity index is 607. The van der Waals surface area contributed by atoms with Gasteiger partial charge in [-0.25, -0.2) is 9.97 Å². The monoisotopic (exact) mass is 389 g/mol. The van der Waals surface area contributed by atoms with Gasteiger partial charge in [0.15, 0.2) is 0 Å². The van der Waals surface area contributed by atoms with Crippen LogP contribution in [0.25, 0.3) is 0 Å². The summed E-state index contributed by atoms with van der Waals surface area (Å²) in [6.45, 7) is 0. The molecule has 0 aliphatic rings. The van der Waals surface area contributed by atoms with E-state index in [-0.39, 0.29) is 17.0 Å². The van der Waals surface area contributed by atoms with E-state index in [0.717, 1.165) is 4.47 Å². The van der Waals surface area contributed by atoms with E-state index < -0.39 is 0 Å². The van der Waals surface area contributed by atoms with Gasteiger partial charge >= 0.3 is 0 Å². The molecule has 1 heterocycles. The van der Waals surface area contributed by atoms with Gasteiger partial charge in [-0.3, -0.25) is 10.1 Å². The zero-order valence-corrected chi connectivity index (χ0v) is 12.8. The minimum absolute atomic E-state index is 0.169. The molecule has 1 aromatic carbocycles. The molecule has 0 fully saturated rings. The molecule has 0 aliphatic heterocycles. The molecule has 0 unspecified atom stereocenters. The average molecular weight is 391 g/mol. The second-order valence-corrected chi connectivity index (χ2v) is 5.44. The van der Waals surface area contributed by atoms with Gasteiger partial charge < -0.3 is 0 Å². The van der Waals surface area contributed by atoms with Crippen LogP contribution in [-0.2, 0) is 0 Å². The number of anilines is 1. The zero-order valence-electron chi connectivity index (χ0n) is 8.82. The lowest BCUT2D eigenvalue weighted by atomic mass is 10.2. The maximum atomic E-state index is 12.0. The van der Waals surface area contributed by atoms with E-state index in [1.165, 1.54) is 12.3 Å². The van der Waals surface area contributed by atoms with Crippen LogP contribution in [-0.4, -0.2) is 15.9 Å². The second-order valence-electron chi connectivity index (χ2n) is 3.28. The van der Waals surface area contributed by atoms with Crippen LogP contribution >= 0.6 is 43.5 Å². The summed E-state index contributed by atoms with van der Waals surface area (Å²) in [5, 5.41) is 2.84. The molecular weight excluding hydrogens is 385 g/mol. The van der Waals surface area contributed by atoms with E-state index in [0.29, 0.717) is 10.0 Å². The van der Waals surface area contributed by atoms with Crippen molar-refractivity contribution in [2.75, 3.05) is 5.32 Å². The van der Waals surface area contributed by atoms with E-state index in [4.69, 9.17) is 11.6 Å². The number of carbonyl (C=O) groups excluding carboxylic acids is 1. The molecule has 7 heteroatoms. The molecule has 1 amide bonds. The Morgan fingerprint density at radius 1 is 1.28 bits per heavy atom. The van der Waals surface area contributed by atoms with Crippen LogP contribution in [0.2, 0.25) is 5.15 Å². The van der Waals surface area contributed by atoms with Crippen LogP contribution in [0.1, 0.15) is 10.4 Å². The van der Waals surface area contributed by atoms with Gasteiger partial charge in [0.2, 0.25) is 5.95 Å². The van der Waals surface area contributed by atoms with Crippen molar-refractivity contribution in [3.63, 3.8) is 0 Å². The van der Waals surface area contributed by atoms with Gasteiger partial charge in [0.05, 0.1) is 5.56 Å². The molecule has 0 saturated heterocycles. The third-order valence-corrected chi connectivity index (χ3v) is 3.38. The number of rotatable bonds is 2. The van der Waals surface area contributed by atoms with Crippen molar-refractivity contribution < 1.29 is 4.79 Å². The van der Waals surface area contributed by atoms with Crippen molar-refractivity contribution in [1.82, 2.24) is 9.97 Å². The molecule has 1 aromatic heterocycles. The third kappa shape index (κ3) is 3.28. The molecule has 0 bridgehead atoms. The third-order valence-electron chi connectivity index (χ3n) is 2.02. The van der Waals surface area contributed by atoms with Crippen LogP contribution in [0.15, 0.2) is 39.4 Å². The van der Waals surface area contributed by atoms with Gasteiger partial charge in [-0.05, 0) is 40.2 Å². The van der Waals surface area contributed by atoms with E-state index in [9.17, 15) is 4.79 Å². The summed E-state index contributed by atoms with van der Waals surface area (Å²) < 4.78 is 1.56. The van der Waals surface area contributed by atoms with Crippen molar-refractivity contribution in [2.45, 2.75) is 0 Å². The molecule has 4 nitrogen and oxygen atoms in total. The Hall–Kier alpha value is -0.980. The van der Waals surface area contributed by atoms with E-state index in [2.05, 4.69) is 47.1 Å². The highest BCUT2D eigenvalue weighted by Crippen LogP contribution is 2.22. The molecule has 0 radical (unpaired) electrons. The molecule has 0 saturated carbocycles. The predicted octanol–water partition coefficient (Wildman–Crippen LogP) is 3.91. The lowest BCUT2D eigenvalue weighted by Gasteiger charge is -2.05. The number of amides is 1. The van der Waals surface area contributed by atoms with Gasteiger partial charge in [-0.2, -0.15) is 0 Å². The maximum Gasteiger partial charge on any atom is 0.259 e. The standard InChI is InChI=1S/C11H6Br2ClN3O/c12-6-1-2-7(8(13)5-6)10(18)17-11-15-4-3-9(14)16-11/h1-5H,(H,15,16,17,18). The highest BCUT2D eigenvalue weighted by atomic mass is 79.9. The van der Waals surface area contributed by atoms with E-state index in [1.54, 1.807) is 18.2 Å². The molecule has 0 spiro atoms. The number of nitrogens with zero attached hydrogens (tertiary/aromatic N) is 2. The second kappa shape index (κ2) is 5.77. The Kier molecular flexibility index (Phi) is 4.31. The van der Waals surface area contributed by atoms with Crippen molar-refractivity contribution in [1.29, 1.82) is 0 Å². The van der Waals surface area contributed by atoms with Crippen LogP contribution < -0.4 is 5.32 Å². The maximum absolute atomic E-state index is 12.0. The van der Waals surface area contributed by atoms with Crippen LogP contribution in [0, 0.1) is 0 Å². The molecule has 2 rings (SSSR count). The van der Waals surface area contributed by atoms with Gasteiger partial charge in [-0.1, -0.05) is 27.5 Å². The number of nitrogens with one attached hydrogen (secondary N) is 1. The predicted molar refractivity (Wildman–Crippen MR) is 76.8 cm³/mol. The van der Waals surface area contributed by atoms with Gasteiger partial charge in [0.25, 0.3) is 5.91 Å². The van der Waals surface area contributed by atoms with Crippen LogP contribution in [0.4, 0.5) is 5.95 Å². The number of hydrogen-bond donors (Lipinski definition) is 1. The first kappa shape index (κ1) is 13.5. The number of halogens is 3. The minimum Gasteiger partial charge on any atom is -0.290 e. The lowest BCUT2D eigenvalue weighted by molar-refractivity contribution is 0.102. The Labute approximate surface area is 125 Å². The fraction of sp³-hybridized carbons (Fsp3) is 0. The SMILES string of the molecule is O=C(Nc1nccc(Cl)n1)c1ccc(Br)cc1Br. The Morgan fingerprint density at radius 3 is 2.72 bits per heavy atom. The van der Waals surface area contributed by atoms with Crippen molar-refractivity contribution in [2.24, 2.45) is 0 Å². The smallest absolute Gasteiger partial charge is 0.259 e. The number of aromatic nitrogens is 2. The Morgan fingerprint density at radius 2 is 2.06 bits per heavy atom. The molecule has 2 aromatic rings. The molecule has 18 heavy (non-hydrogen) atoms. The first-order valence-electron chi connectivity index (χ1n) is 4.81. The normalized spacial score (nSPS) is 10.2. The van der Waals surface area contributed by atoms with Crippen LogP contribution in [0.5, 0.6) is 0 Å². The largest absolute Gasteiger partial charge is 0.290 e. The fourth-order valence-electron chi connectivity index (χ4n) is 1.24. The fourth-order valence-corrected chi connectivity index (χ4v) is 2.60. The Balaban J connectivity index is 2.22. The summed E-state index contributed by atoms with van der Waals surface area (Å²) in [6, 6.07) is 6.78. The highest BCUT2D eigenvalue weighted by molar-refractivity contribution is 9.11. The average Bonchev–Trinajstić information content (AvgIpc) is 2.28. The van der Waals surface area contributed by atoms with Crippen molar-refractivity contribution in [3.05, 3.63) is 50.1 Å². The summed E-state index contributed by atoms with van der Waals surface area (Å²) >= 11 is 12.3. The van der Waals surface area contributed by atoms with Gasteiger partial charge in [0.1, 0.15) is 5.15 Å². The zero-order chi connectivity index (χ0) is 13.1. The minimum atomic E-state index is -0.309. The van der Waals surface area contributed by atoms with Gasteiger partial charge in [0, 0.05) is 15.1 Å². The summed E-state index contributed by atoms with van der Waals surface area (Å²) in [5.74, 6) is -0.140. The van der Waals surface area contributed by atoms with Crippen molar-refractivity contribution in [3.8, 4) is 0 Å². The molecule has 0 atom stereocenters. The van der Waals surface area contributed by atoms with Crippen molar-refractivity contribution >= 4 is 55.3 Å². The molecular formula is C11H6Br2ClN3O. The first-order chi connectivity index (χ1) is 8.56. The number of benzene rings is 1. The highest BCUT2D eigenvalue weighted by Gasteiger charge is 2.11. The lowest BCUT2D eigenvalue weighted by Crippen LogP contribution is -2.14. The van der Waals surface area contributed by atoms with E-state index >= 15 is 0 Å². The van der Waals surface area contributed by atoms with Gasteiger partial charge in [-0.15, -0.1) is 0 Å². The van der Waals surface area contributed by atoms with Crippen LogP contribution in [0.3, 0.4) is 0 Å². The molecule has 0 aliphatic carbocycles. The summed E-state index contributed by atoms with van der Waals surface area (Å²) in [5.41, 5.74) is 0.488. The molecule has 92 valence electrons. The quantitative estimate of drug-likeness (QED) is 0.790. The first-order valence-corrected chi connectivity index (χ1v) is 6.77. The van der Waals surface area contributed by atoms with E-state index in [1.807, 2.05) is 0 Å².